The number of epoxide rings is 1. The molecule has 5 heterocycles. The summed E-state index contributed by atoms with van der Waals surface area (Å²) < 4.78 is 39.4. The number of hydrogen-bond donors (Lipinski definition) is 3. The van der Waals surface area contributed by atoms with Crippen molar-refractivity contribution >= 4 is 23.9 Å². The Morgan fingerprint density at radius 2 is 1.08 bits per heavy atom. The summed E-state index contributed by atoms with van der Waals surface area (Å²) in [6.07, 6.45) is 15.0. The van der Waals surface area contributed by atoms with E-state index in [2.05, 4.69) is 67.0 Å². The Balaban J connectivity index is 0.000000124. The Kier molecular flexibility index (Phi) is 15.1. The largest absolute Gasteiger partial charge is 0.488 e. The van der Waals surface area contributed by atoms with Crippen LogP contribution in [0.25, 0.3) is 0 Å². The molecule has 76 heavy (non-hydrogen) atoms. The first kappa shape index (κ1) is 56.7. The Morgan fingerprint density at radius 3 is 1.68 bits per heavy atom. The maximum absolute atomic E-state index is 11.8. The van der Waals surface area contributed by atoms with Crippen molar-refractivity contribution in [3.05, 3.63) is 72.4 Å². The quantitative estimate of drug-likeness (QED) is 0.0592. The summed E-state index contributed by atoms with van der Waals surface area (Å²) in [6, 6.07) is 0. The third-order valence-electron chi connectivity index (χ3n) is 21.9. The van der Waals surface area contributed by atoms with Gasteiger partial charge in [-0.05, 0) is 162 Å². The van der Waals surface area contributed by atoms with Crippen LogP contribution in [0.1, 0.15) is 151 Å². The molecular formula is C62H87O14+. The highest BCUT2D eigenvalue weighted by atomic mass is 16.6. The molecule has 0 spiro atoms. The van der Waals surface area contributed by atoms with E-state index < -0.39 is 29.4 Å². The van der Waals surface area contributed by atoms with Crippen molar-refractivity contribution < 1.29 is 67.7 Å². The second-order valence-electron chi connectivity index (χ2n) is 26.3. The van der Waals surface area contributed by atoms with E-state index in [0.29, 0.717) is 16.7 Å². The summed E-state index contributed by atoms with van der Waals surface area (Å²) in [6.45, 7) is 36.0. The zero-order valence-corrected chi connectivity index (χ0v) is 46.8. The molecule has 0 aromatic rings. The van der Waals surface area contributed by atoms with Crippen LogP contribution >= 0.6 is 0 Å². The van der Waals surface area contributed by atoms with Gasteiger partial charge in [0, 0.05) is 65.9 Å². The topological polar surface area (TPSA) is 197 Å². The summed E-state index contributed by atoms with van der Waals surface area (Å²) in [5.41, 5.74) is 2.16. The van der Waals surface area contributed by atoms with Crippen LogP contribution in [-0.2, 0) is 52.3 Å². The molecule has 12 aliphatic rings. The van der Waals surface area contributed by atoms with Gasteiger partial charge in [-0.1, -0.05) is 50.5 Å². The average molecular weight is 1060 g/mol. The minimum Gasteiger partial charge on any atom is -0.458 e. The highest BCUT2D eigenvalue weighted by Gasteiger charge is 2.66. The summed E-state index contributed by atoms with van der Waals surface area (Å²) in [5.74, 6) is -0.517. The Hall–Kier alpha value is -4.01. The van der Waals surface area contributed by atoms with Gasteiger partial charge < -0.3 is 48.5 Å². The molecule has 6 saturated carbocycles. The minimum atomic E-state index is -0.803. The predicted molar refractivity (Wildman–Crippen MR) is 282 cm³/mol. The number of aliphatic hydroxyl groups is 3. The van der Waals surface area contributed by atoms with Crippen LogP contribution in [0.3, 0.4) is 0 Å². The number of carbonyl (C=O) groups excluding carboxylic acids is 4. The molecule has 21 atom stereocenters. The molecule has 14 nitrogen and oxygen atoms in total. The van der Waals surface area contributed by atoms with E-state index in [1.165, 1.54) is 11.1 Å². The Labute approximate surface area is 451 Å². The van der Waals surface area contributed by atoms with Gasteiger partial charge in [-0.3, -0.25) is 0 Å². The number of allylic oxidation sites excluding steroid dienone is 3. The molecule has 0 amide bonds. The SMILES string of the molecule is C=C1C(=O)O[C@@H]2[C@@H]3[C@@H](CC[C@@]3(C)O)C(=C)CC[C@@H]12.C=C1C(=O)O[C@@H]2[C@@H]3[C@@H](CC[C@@]3(C)O)[C@](C)(OC)CC[C@@H]12.C=C1C(=O)O[C@H]2[C@H]1CC/C(C)=C/CC[C@@]1(C)O[C@@H]21.[CH+]=C1C(=O)O[C@@H]2[C@@H](O)[C@]3(C)CC[C@H]3[C@](C)(OC)CC[C@@H]12. The summed E-state index contributed by atoms with van der Waals surface area (Å²) in [5, 5.41) is 32.2. The van der Waals surface area contributed by atoms with E-state index in [4.69, 9.17) is 39.7 Å². The van der Waals surface area contributed by atoms with Crippen molar-refractivity contribution in [3.8, 4) is 0 Å². The smallest absolute Gasteiger partial charge is 0.458 e. The van der Waals surface area contributed by atoms with Crippen molar-refractivity contribution in [2.24, 2.45) is 58.7 Å². The third-order valence-corrected chi connectivity index (χ3v) is 21.9. The molecule has 0 radical (unpaired) electrons. The maximum Gasteiger partial charge on any atom is 0.488 e. The van der Waals surface area contributed by atoms with Crippen molar-refractivity contribution in [3.63, 3.8) is 0 Å². The number of aliphatic hydroxyl groups excluding tert-OH is 1. The minimum absolute atomic E-state index is 0.0132. The van der Waals surface area contributed by atoms with Crippen molar-refractivity contribution in [1.82, 2.24) is 0 Å². The first-order valence-corrected chi connectivity index (χ1v) is 28.3. The van der Waals surface area contributed by atoms with E-state index >= 15 is 0 Å². The molecule has 0 bridgehead atoms. The van der Waals surface area contributed by atoms with Gasteiger partial charge in [-0.2, -0.15) is 0 Å². The number of rotatable bonds is 2. The monoisotopic (exact) mass is 1060 g/mol. The molecular weight excluding hydrogens is 969 g/mol. The van der Waals surface area contributed by atoms with Crippen LogP contribution in [0.4, 0.5) is 0 Å². The van der Waals surface area contributed by atoms with Gasteiger partial charge in [0.15, 0.2) is 6.10 Å². The number of esters is 4. The van der Waals surface area contributed by atoms with Gasteiger partial charge in [0.25, 0.3) is 5.57 Å². The van der Waals surface area contributed by atoms with Gasteiger partial charge in [0.05, 0.1) is 40.5 Å². The van der Waals surface area contributed by atoms with Crippen molar-refractivity contribution in [2.45, 2.75) is 216 Å². The van der Waals surface area contributed by atoms with Gasteiger partial charge in [-0.25, -0.2) is 14.4 Å². The number of hydrogen-bond acceptors (Lipinski definition) is 14. The van der Waals surface area contributed by atoms with Crippen LogP contribution < -0.4 is 0 Å². The number of fused-ring (bicyclic) bond motifs is 11. The molecule has 7 aliphatic carbocycles. The lowest BCUT2D eigenvalue weighted by atomic mass is 9.50. The molecule has 14 heteroatoms. The molecule has 0 aromatic heterocycles. The molecule has 0 unspecified atom stereocenters. The summed E-state index contributed by atoms with van der Waals surface area (Å²) >= 11 is 0. The van der Waals surface area contributed by atoms with Gasteiger partial charge in [0.1, 0.15) is 30.5 Å². The maximum atomic E-state index is 11.8. The van der Waals surface area contributed by atoms with Gasteiger partial charge in [0.2, 0.25) is 0 Å². The fourth-order valence-electron chi connectivity index (χ4n) is 16.5. The number of methoxy groups -OCH3 is 2. The van der Waals surface area contributed by atoms with E-state index in [0.717, 1.165) is 103 Å². The van der Waals surface area contributed by atoms with E-state index in [1.54, 1.807) is 14.2 Å². The molecule has 0 aromatic carbocycles. The standard InChI is InChI=1S/C16H24O4.C16H23O4.2C15H20O3/c1-9-10-5-8-16(3,19-4)11-6-7-15(2,18)12(11)13(10)20-14(9)17;1-9-10-5-8-16(3,19-4)11-6-7-15(11,2)13(17)12(10)20-14(9)18;1-9-5-4-8-15(3)13(18-15)12-11(7-6-9)10(2)14(16)17-12;1-8-4-5-11-9(2)14(16)18-13(11)12-10(8)6-7-15(12,3)17/h10-13,18H,1,5-8H2,2-4H3;1,10-13,17H,5-8H2,2-4H3;5,11-13H,2,4,6-8H2,1,3H3;10-13,17H,1-2,4-7H2,3H3/q;+1;;/b;;9-5+;/t10-,11+,12-,13-,15+,16+;10-,11+,12-,13+,15+,16+;11-,12-,13-,15+;10-,11-,12-,13-,15+/m0000/s1. The van der Waals surface area contributed by atoms with E-state index in [-0.39, 0.29) is 123 Å². The Bertz CT molecular complexity index is 2450. The second kappa shape index (κ2) is 20.3. The van der Waals surface area contributed by atoms with Crippen molar-refractivity contribution in [2.75, 3.05) is 14.2 Å². The molecule has 11 fully saturated rings. The van der Waals surface area contributed by atoms with E-state index in [1.807, 2.05) is 13.8 Å². The molecule has 12 rings (SSSR count). The predicted octanol–water partition coefficient (Wildman–Crippen LogP) is 8.90. The molecule has 3 N–H and O–H groups in total. The fraction of sp³-hybridized carbons (Fsp3) is 0.742. The first-order chi connectivity index (χ1) is 35.6. The Morgan fingerprint density at radius 1 is 0.579 bits per heavy atom. The van der Waals surface area contributed by atoms with Crippen LogP contribution in [0.5, 0.6) is 0 Å². The first-order valence-electron chi connectivity index (χ1n) is 28.3. The second-order valence-corrected chi connectivity index (χ2v) is 26.3. The van der Waals surface area contributed by atoms with E-state index in [9.17, 15) is 34.5 Å². The lowest BCUT2D eigenvalue weighted by molar-refractivity contribution is -0.214. The molecule has 5 saturated heterocycles. The van der Waals surface area contributed by atoms with Gasteiger partial charge >= 0.3 is 23.9 Å². The highest BCUT2D eigenvalue weighted by Crippen LogP contribution is 2.61. The normalized spacial score (nSPS) is 49.3. The fourth-order valence-corrected chi connectivity index (χ4v) is 16.5. The van der Waals surface area contributed by atoms with Gasteiger partial charge in [-0.15, -0.1) is 4.79 Å². The lowest BCUT2D eigenvalue weighted by Crippen LogP contribution is -2.62. The molecule has 5 aliphatic heterocycles. The van der Waals surface area contributed by atoms with Crippen LogP contribution in [-0.4, -0.2) is 118 Å². The van der Waals surface area contributed by atoms with Crippen LogP contribution in [0, 0.1) is 65.3 Å². The van der Waals surface area contributed by atoms with Crippen LogP contribution in [0.15, 0.2) is 65.8 Å². The highest BCUT2D eigenvalue weighted by molar-refractivity contribution is 5.92. The van der Waals surface area contributed by atoms with Crippen LogP contribution in [0.2, 0.25) is 0 Å². The summed E-state index contributed by atoms with van der Waals surface area (Å²) in [4.78, 5) is 47.0. The molecule has 418 valence electrons. The zero-order chi connectivity index (χ0) is 55.4. The third kappa shape index (κ3) is 9.63. The zero-order valence-electron chi connectivity index (χ0n) is 46.8. The number of carbonyl (C=O) groups is 4. The lowest BCUT2D eigenvalue weighted by Gasteiger charge is -2.59. The average Bonchev–Trinajstić information content (AvgIpc) is 3.82. The summed E-state index contributed by atoms with van der Waals surface area (Å²) in [7, 11) is 3.47. The number of ether oxygens (including phenoxy) is 7. The van der Waals surface area contributed by atoms with Crippen molar-refractivity contribution in [1.29, 1.82) is 0 Å².